The summed E-state index contributed by atoms with van der Waals surface area (Å²) in [5.41, 5.74) is 4.51. The molecule has 2 N–H and O–H groups in total. The van der Waals surface area contributed by atoms with E-state index in [0.717, 1.165) is 0 Å². The maximum absolute atomic E-state index is 11.0. The summed E-state index contributed by atoms with van der Waals surface area (Å²) >= 11 is 1.35. The molecule has 0 aromatic heterocycles. The SMILES string of the molecule is CCOC12COCC1SC(C(N)=O)=N2. The molecule has 2 rings (SSSR count). The van der Waals surface area contributed by atoms with Crippen LogP contribution in [0.5, 0.6) is 0 Å². The van der Waals surface area contributed by atoms with Crippen molar-refractivity contribution in [3.8, 4) is 0 Å². The molecule has 1 saturated heterocycles. The number of hydrogen-bond donors (Lipinski definition) is 1. The van der Waals surface area contributed by atoms with Crippen molar-refractivity contribution in [2.75, 3.05) is 19.8 Å². The Labute approximate surface area is 86.0 Å². The Morgan fingerprint density at radius 1 is 1.93 bits per heavy atom. The summed E-state index contributed by atoms with van der Waals surface area (Å²) in [6.07, 6.45) is 0. The van der Waals surface area contributed by atoms with Crippen LogP contribution in [0.3, 0.4) is 0 Å². The number of amides is 1. The predicted molar refractivity (Wildman–Crippen MR) is 53.2 cm³/mol. The van der Waals surface area contributed by atoms with Crippen molar-refractivity contribution in [3.63, 3.8) is 0 Å². The zero-order chi connectivity index (χ0) is 10.2. The largest absolute Gasteiger partial charge is 0.375 e. The molecule has 0 spiro atoms. The van der Waals surface area contributed by atoms with Crippen LogP contribution in [0.15, 0.2) is 4.99 Å². The highest BCUT2D eigenvalue weighted by Crippen LogP contribution is 2.40. The summed E-state index contributed by atoms with van der Waals surface area (Å²) in [7, 11) is 0. The first kappa shape index (κ1) is 9.95. The van der Waals surface area contributed by atoms with Crippen LogP contribution < -0.4 is 5.73 Å². The third-order valence-electron chi connectivity index (χ3n) is 2.23. The van der Waals surface area contributed by atoms with Gasteiger partial charge in [0.25, 0.3) is 5.91 Å². The lowest BCUT2D eigenvalue weighted by atomic mass is 10.2. The highest BCUT2D eigenvalue weighted by atomic mass is 32.2. The fourth-order valence-electron chi connectivity index (χ4n) is 1.63. The molecule has 2 atom stereocenters. The number of ether oxygens (including phenoxy) is 2. The second-order valence-electron chi connectivity index (χ2n) is 3.18. The summed E-state index contributed by atoms with van der Waals surface area (Å²) in [5.74, 6) is -0.483. The monoisotopic (exact) mass is 216 g/mol. The van der Waals surface area contributed by atoms with Crippen molar-refractivity contribution in [3.05, 3.63) is 0 Å². The van der Waals surface area contributed by atoms with E-state index >= 15 is 0 Å². The predicted octanol–water partition coefficient (Wildman–Crippen LogP) is -0.251. The van der Waals surface area contributed by atoms with Gasteiger partial charge in [-0.1, -0.05) is 11.8 Å². The molecule has 6 heteroatoms. The second-order valence-corrected chi connectivity index (χ2v) is 4.37. The molecule has 2 unspecified atom stereocenters. The van der Waals surface area contributed by atoms with E-state index in [-0.39, 0.29) is 5.25 Å². The minimum absolute atomic E-state index is 0.0740. The Balaban J connectivity index is 2.23. The Morgan fingerprint density at radius 3 is 3.36 bits per heavy atom. The van der Waals surface area contributed by atoms with Crippen LogP contribution in [0, 0.1) is 0 Å². The van der Waals surface area contributed by atoms with Gasteiger partial charge in [-0.2, -0.15) is 0 Å². The van der Waals surface area contributed by atoms with Crippen LogP contribution in [-0.2, 0) is 14.3 Å². The second kappa shape index (κ2) is 3.52. The molecule has 1 fully saturated rings. The molecule has 1 amide bonds. The molecule has 78 valence electrons. The first-order valence-corrected chi connectivity index (χ1v) is 5.34. The van der Waals surface area contributed by atoms with Crippen molar-refractivity contribution in [2.24, 2.45) is 10.7 Å². The van der Waals surface area contributed by atoms with Crippen LogP contribution in [0.1, 0.15) is 6.92 Å². The lowest BCUT2D eigenvalue weighted by Crippen LogP contribution is -2.37. The summed E-state index contributed by atoms with van der Waals surface area (Å²) in [6, 6.07) is 0. The zero-order valence-corrected chi connectivity index (χ0v) is 8.67. The van der Waals surface area contributed by atoms with Gasteiger partial charge in [0.05, 0.1) is 18.5 Å². The number of primary amides is 1. The van der Waals surface area contributed by atoms with Crippen LogP contribution in [0.2, 0.25) is 0 Å². The first-order valence-electron chi connectivity index (χ1n) is 4.46. The Hall–Kier alpha value is -0.590. The Bertz CT molecular complexity index is 294. The van der Waals surface area contributed by atoms with E-state index in [9.17, 15) is 4.79 Å². The van der Waals surface area contributed by atoms with Gasteiger partial charge in [0.2, 0.25) is 0 Å². The molecule has 2 aliphatic rings. The van der Waals surface area contributed by atoms with E-state index in [4.69, 9.17) is 15.2 Å². The summed E-state index contributed by atoms with van der Waals surface area (Å²) in [5, 5.41) is 0.428. The molecule has 5 nitrogen and oxygen atoms in total. The number of carbonyl (C=O) groups excluding carboxylic acids is 1. The molecular formula is C8H12N2O3S. The minimum atomic E-state index is -0.663. The van der Waals surface area contributed by atoms with E-state index in [2.05, 4.69) is 4.99 Å². The highest BCUT2D eigenvalue weighted by molar-refractivity contribution is 8.16. The topological polar surface area (TPSA) is 73.9 Å². The molecule has 0 aliphatic carbocycles. The number of thioether (sulfide) groups is 1. The number of rotatable bonds is 3. The van der Waals surface area contributed by atoms with Gasteiger partial charge in [0, 0.05) is 6.61 Å². The van der Waals surface area contributed by atoms with Crippen molar-refractivity contribution < 1.29 is 14.3 Å². The molecule has 0 bridgehead atoms. The van der Waals surface area contributed by atoms with E-state index in [1.54, 1.807) is 0 Å². The Kier molecular flexibility index (Phi) is 2.50. The van der Waals surface area contributed by atoms with Gasteiger partial charge in [-0.15, -0.1) is 0 Å². The summed E-state index contributed by atoms with van der Waals surface area (Å²) < 4.78 is 10.8. The number of nitrogens with two attached hydrogens (primary N) is 1. The number of fused-ring (bicyclic) bond motifs is 1. The fourth-order valence-corrected chi connectivity index (χ4v) is 2.76. The number of carbonyl (C=O) groups is 1. The van der Waals surface area contributed by atoms with Crippen LogP contribution in [0.25, 0.3) is 0 Å². The fraction of sp³-hybridized carbons (Fsp3) is 0.750. The van der Waals surface area contributed by atoms with E-state index in [1.165, 1.54) is 11.8 Å². The average molecular weight is 216 g/mol. The molecule has 0 aromatic carbocycles. The van der Waals surface area contributed by atoms with E-state index in [1.807, 2.05) is 6.92 Å². The van der Waals surface area contributed by atoms with Crippen molar-refractivity contribution in [2.45, 2.75) is 17.9 Å². The molecule has 0 aromatic rings. The molecule has 2 heterocycles. The quantitative estimate of drug-likeness (QED) is 0.706. The van der Waals surface area contributed by atoms with Gasteiger partial charge < -0.3 is 15.2 Å². The number of nitrogens with zero attached hydrogens (tertiary/aromatic N) is 1. The van der Waals surface area contributed by atoms with Crippen molar-refractivity contribution >= 4 is 22.7 Å². The van der Waals surface area contributed by atoms with Crippen molar-refractivity contribution in [1.29, 1.82) is 0 Å². The third kappa shape index (κ3) is 1.43. The van der Waals surface area contributed by atoms with E-state index < -0.39 is 11.6 Å². The maximum atomic E-state index is 11.0. The summed E-state index contributed by atoms with van der Waals surface area (Å²) in [4.78, 5) is 15.2. The molecule has 14 heavy (non-hydrogen) atoms. The van der Waals surface area contributed by atoms with E-state index in [0.29, 0.717) is 24.9 Å². The third-order valence-corrected chi connectivity index (χ3v) is 3.54. The molecule has 0 radical (unpaired) electrons. The van der Waals surface area contributed by atoms with Crippen LogP contribution in [-0.4, -0.2) is 41.7 Å². The zero-order valence-electron chi connectivity index (χ0n) is 7.86. The normalized spacial score (nSPS) is 35.5. The maximum Gasteiger partial charge on any atom is 0.273 e. The molecule has 0 saturated carbocycles. The smallest absolute Gasteiger partial charge is 0.273 e. The van der Waals surface area contributed by atoms with Gasteiger partial charge in [-0.25, -0.2) is 4.99 Å². The number of aliphatic imine (C=N–C) groups is 1. The van der Waals surface area contributed by atoms with Gasteiger partial charge in [-0.3, -0.25) is 4.79 Å². The van der Waals surface area contributed by atoms with Gasteiger partial charge in [0.15, 0.2) is 10.8 Å². The standard InChI is InChI=1S/C8H12N2O3S/c1-2-13-8-4-12-3-5(8)14-7(10-8)6(9)11/h5H,2-4H2,1H3,(H2,9,11). The van der Waals surface area contributed by atoms with Crippen LogP contribution >= 0.6 is 11.8 Å². The molecule has 2 aliphatic heterocycles. The summed E-state index contributed by atoms with van der Waals surface area (Å²) in [6.45, 7) is 3.42. The van der Waals surface area contributed by atoms with Crippen LogP contribution in [0.4, 0.5) is 0 Å². The van der Waals surface area contributed by atoms with Gasteiger partial charge >= 0.3 is 0 Å². The van der Waals surface area contributed by atoms with Gasteiger partial charge in [0.1, 0.15) is 0 Å². The lowest BCUT2D eigenvalue weighted by molar-refractivity contribution is -0.111. The molecular weight excluding hydrogens is 204 g/mol. The highest BCUT2D eigenvalue weighted by Gasteiger charge is 2.51. The van der Waals surface area contributed by atoms with Crippen molar-refractivity contribution in [1.82, 2.24) is 0 Å². The average Bonchev–Trinajstić information content (AvgIpc) is 2.60. The lowest BCUT2D eigenvalue weighted by Gasteiger charge is -2.22. The number of hydrogen-bond acceptors (Lipinski definition) is 5. The Morgan fingerprint density at radius 2 is 2.71 bits per heavy atom. The van der Waals surface area contributed by atoms with Gasteiger partial charge in [-0.05, 0) is 6.92 Å². The first-order chi connectivity index (χ1) is 6.68. The minimum Gasteiger partial charge on any atom is -0.375 e.